The fourth-order valence-electron chi connectivity index (χ4n) is 2.11. The number of rotatable bonds is 2. The van der Waals surface area contributed by atoms with Gasteiger partial charge in [0.25, 0.3) is 5.91 Å². The molecule has 6 nitrogen and oxygen atoms in total. The van der Waals surface area contributed by atoms with Gasteiger partial charge in [0, 0.05) is 0 Å². The Morgan fingerprint density at radius 2 is 1.90 bits per heavy atom. The summed E-state index contributed by atoms with van der Waals surface area (Å²) >= 11 is 0. The molecular weight excluding hydrogens is 258 g/mol. The molecular formula is C14H17N3O3. The second-order valence-electron chi connectivity index (χ2n) is 5.25. The van der Waals surface area contributed by atoms with Crippen molar-refractivity contribution in [1.82, 2.24) is 10.2 Å². The minimum Gasteiger partial charge on any atom is -0.318 e. The number of nitrogens with two attached hydrogens (primary N) is 1. The molecule has 0 saturated carbocycles. The van der Waals surface area contributed by atoms with Crippen LogP contribution in [0.1, 0.15) is 25.5 Å². The van der Waals surface area contributed by atoms with Crippen LogP contribution in [0.2, 0.25) is 0 Å². The number of amides is 3. The van der Waals surface area contributed by atoms with E-state index in [1.807, 2.05) is 6.07 Å². The van der Waals surface area contributed by atoms with Crippen LogP contribution >= 0.6 is 0 Å². The number of hydrogen-bond donors (Lipinski definition) is 2. The first-order chi connectivity index (χ1) is 9.34. The van der Waals surface area contributed by atoms with E-state index in [0.29, 0.717) is 5.56 Å². The number of hydrogen-bond acceptors (Lipinski definition) is 4. The average molecular weight is 275 g/mol. The van der Waals surface area contributed by atoms with Crippen LogP contribution in [0.5, 0.6) is 0 Å². The van der Waals surface area contributed by atoms with Crippen LogP contribution in [0, 0.1) is 0 Å². The molecule has 0 radical (unpaired) electrons. The highest BCUT2D eigenvalue weighted by Crippen LogP contribution is 2.22. The molecule has 1 heterocycles. The lowest BCUT2D eigenvalue weighted by Crippen LogP contribution is -2.66. The van der Waals surface area contributed by atoms with Gasteiger partial charge in [-0.25, -0.2) is 0 Å². The quantitative estimate of drug-likeness (QED) is 0.740. The van der Waals surface area contributed by atoms with Crippen LogP contribution < -0.4 is 11.1 Å². The summed E-state index contributed by atoms with van der Waals surface area (Å²) in [6.07, 6.45) is 0. The monoisotopic (exact) mass is 275 g/mol. The molecule has 0 aromatic heterocycles. The Hall–Kier alpha value is -2.21. The summed E-state index contributed by atoms with van der Waals surface area (Å²) in [6.45, 7) is 3.01. The van der Waals surface area contributed by atoms with Gasteiger partial charge in [0.1, 0.15) is 18.1 Å². The van der Waals surface area contributed by atoms with E-state index in [4.69, 9.17) is 5.73 Å². The summed E-state index contributed by atoms with van der Waals surface area (Å²) in [5, 5.41) is 2.22. The van der Waals surface area contributed by atoms with Gasteiger partial charge in [-0.05, 0) is 19.4 Å². The Bertz CT molecular complexity index is 554. The highest BCUT2D eigenvalue weighted by atomic mass is 16.2. The number of carbonyl (C=O) groups is 3. The highest BCUT2D eigenvalue weighted by molar-refractivity contribution is 6.06. The molecule has 1 aromatic rings. The number of carbonyl (C=O) groups excluding carboxylic acids is 3. The van der Waals surface area contributed by atoms with E-state index in [2.05, 4.69) is 5.32 Å². The summed E-state index contributed by atoms with van der Waals surface area (Å²) in [4.78, 5) is 37.0. The van der Waals surface area contributed by atoms with Crippen molar-refractivity contribution < 1.29 is 14.4 Å². The average Bonchev–Trinajstić information content (AvgIpc) is 2.42. The molecule has 20 heavy (non-hydrogen) atoms. The molecule has 106 valence electrons. The van der Waals surface area contributed by atoms with Crippen molar-refractivity contribution in [3.05, 3.63) is 35.9 Å². The Morgan fingerprint density at radius 3 is 2.50 bits per heavy atom. The van der Waals surface area contributed by atoms with Crippen LogP contribution in [0.25, 0.3) is 0 Å². The van der Waals surface area contributed by atoms with E-state index in [1.54, 1.807) is 38.1 Å². The van der Waals surface area contributed by atoms with Gasteiger partial charge < -0.3 is 10.6 Å². The Labute approximate surface area is 116 Å². The van der Waals surface area contributed by atoms with E-state index in [1.165, 1.54) is 4.90 Å². The van der Waals surface area contributed by atoms with Gasteiger partial charge in [-0.3, -0.25) is 19.7 Å². The van der Waals surface area contributed by atoms with Crippen LogP contribution in [0.4, 0.5) is 0 Å². The highest BCUT2D eigenvalue weighted by Gasteiger charge is 2.44. The molecule has 1 atom stereocenters. The van der Waals surface area contributed by atoms with E-state index in [9.17, 15) is 14.4 Å². The minimum atomic E-state index is -1.10. The maximum Gasteiger partial charge on any atom is 0.252 e. The molecule has 3 amide bonds. The van der Waals surface area contributed by atoms with E-state index >= 15 is 0 Å². The van der Waals surface area contributed by atoms with Crippen molar-refractivity contribution in [3.8, 4) is 0 Å². The van der Waals surface area contributed by atoms with E-state index in [0.717, 1.165) is 0 Å². The third-order valence-corrected chi connectivity index (χ3v) is 3.48. The van der Waals surface area contributed by atoms with Crippen LogP contribution in [0.15, 0.2) is 30.3 Å². The van der Waals surface area contributed by atoms with Gasteiger partial charge in [-0.2, -0.15) is 0 Å². The van der Waals surface area contributed by atoms with E-state index in [-0.39, 0.29) is 6.54 Å². The van der Waals surface area contributed by atoms with Crippen LogP contribution in [-0.2, 0) is 14.4 Å². The lowest BCUT2D eigenvalue weighted by molar-refractivity contribution is -0.156. The third kappa shape index (κ3) is 2.42. The molecule has 1 aromatic carbocycles. The molecule has 2 rings (SSSR count). The maximum atomic E-state index is 12.5. The van der Waals surface area contributed by atoms with Gasteiger partial charge in [0.2, 0.25) is 11.8 Å². The topological polar surface area (TPSA) is 92.5 Å². The third-order valence-electron chi connectivity index (χ3n) is 3.48. The molecule has 1 fully saturated rings. The number of nitrogens with one attached hydrogen (secondary N) is 1. The second kappa shape index (κ2) is 5.05. The number of nitrogens with zero attached hydrogens (tertiary/aromatic N) is 1. The molecule has 1 aliphatic rings. The molecule has 0 aliphatic carbocycles. The van der Waals surface area contributed by atoms with Gasteiger partial charge in [-0.15, -0.1) is 0 Å². The lowest BCUT2D eigenvalue weighted by atomic mass is 9.96. The summed E-state index contributed by atoms with van der Waals surface area (Å²) in [6, 6.07) is 7.96. The van der Waals surface area contributed by atoms with Crippen molar-refractivity contribution in [1.29, 1.82) is 0 Å². The molecule has 3 N–H and O–H groups in total. The van der Waals surface area contributed by atoms with Gasteiger partial charge >= 0.3 is 0 Å². The zero-order valence-electron chi connectivity index (χ0n) is 11.4. The van der Waals surface area contributed by atoms with Crippen molar-refractivity contribution >= 4 is 17.7 Å². The van der Waals surface area contributed by atoms with Gasteiger partial charge in [-0.1, -0.05) is 30.3 Å². The predicted molar refractivity (Wildman–Crippen MR) is 72.3 cm³/mol. The molecule has 0 unspecified atom stereocenters. The second-order valence-corrected chi connectivity index (χ2v) is 5.25. The Kier molecular flexibility index (Phi) is 3.59. The fourth-order valence-corrected chi connectivity index (χ4v) is 2.11. The maximum absolute atomic E-state index is 12.5. The molecule has 0 spiro atoms. The Morgan fingerprint density at radius 1 is 1.30 bits per heavy atom. The predicted octanol–water partition coefficient (Wildman–Crippen LogP) is -0.0500. The van der Waals surface area contributed by atoms with Gasteiger partial charge in [0.15, 0.2) is 0 Å². The van der Waals surface area contributed by atoms with Crippen molar-refractivity contribution in [2.75, 3.05) is 6.54 Å². The summed E-state index contributed by atoms with van der Waals surface area (Å²) < 4.78 is 0. The smallest absolute Gasteiger partial charge is 0.252 e. The molecule has 1 saturated heterocycles. The molecule has 1 aliphatic heterocycles. The first-order valence-corrected chi connectivity index (χ1v) is 6.30. The number of imide groups is 1. The zero-order valence-corrected chi connectivity index (χ0v) is 11.4. The number of piperazine rings is 1. The van der Waals surface area contributed by atoms with Crippen LogP contribution in [-0.4, -0.2) is 34.7 Å². The lowest BCUT2D eigenvalue weighted by Gasteiger charge is -2.41. The van der Waals surface area contributed by atoms with Crippen LogP contribution in [0.3, 0.4) is 0 Å². The molecule has 6 heteroatoms. The largest absolute Gasteiger partial charge is 0.318 e. The first-order valence-electron chi connectivity index (χ1n) is 6.30. The molecule has 0 bridgehead atoms. The minimum absolute atomic E-state index is 0.169. The van der Waals surface area contributed by atoms with E-state index < -0.39 is 29.3 Å². The zero-order chi connectivity index (χ0) is 14.9. The summed E-state index contributed by atoms with van der Waals surface area (Å²) in [7, 11) is 0. The van der Waals surface area contributed by atoms with Crippen molar-refractivity contribution in [3.63, 3.8) is 0 Å². The fraction of sp³-hybridized carbons (Fsp3) is 0.357. The Balaban J connectivity index is 2.27. The number of benzene rings is 1. The van der Waals surface area contributed by atoms with Crippen molar-refractivity contribution in [2.24, 2.45) is 5.73 Å². The first kappa shape index (κ1) is 14.2. The van der Waals surface area contributed by atoms with Crippen molar-refractivity contribution in [2.45, 2.75) is 25.4 Å². The summed E-state index contributed by atoms with van der Waals surface area (Å²) in [5.41, 5.74) is 5.49. The standard InChI is InChI=1S/C14H17N3O3/c1-14(2)13(20)16-10(18)8-17(14)12(19)11(15)9-6-4-3-5-7-9/h3-7,11H,8,15H2,1-2H3,(H,16,18,20)/t11-/m0/s1. The summed E-state index contributed by atoms with van der Waals surface area (Å²) in [5.74, 6) is -1.44. The van der Waals surface area contributed by atoms with Gasteiger partial charge in [0.05, 0.1) is 0 Å². The normalized spacial score (nSPS) is 19.4. The SMILES string of the molecule is CC1(C)C(=O)NC(=O)CN1C(=O)[C@@H](N)c1ccccc1.